The first-order valence-electron chi connectivity index (χ1n) is 12.0. The van der Waals surface area contributed by atoms with Crippen molar-refractivity contribution >= 4 is 78.0 Å². The number of hydrogen-bond acceptors (Lipinski definition) is 12. The van der Waals surface area contributed by atoms with E-state index in [1.54, 1.807) is 13.8 Å². The first-order chi connectivity index (χ1) is 19.1. The molecule has 0 rings (SSSR count). The number of guanidine groups is 1. The molecular weight excluding hydrogens is 584 g/mol. The third kappa shape index (κ3) is 14.9. The maximum absolute atomic E-state index is 13.0. The van der Waals surface area contributed by atoms with Gasteiger partial charge in [-0.15, -0.1) is 0 Å². The third-order valence-corrected chi connectivity index (χ3v) is 5.61. The van der Waals surface area contributed by atoms with E-state index in [-0.39, 0.29) is 25.3 Å². The molecule has 5 amide bonds. The van der Waals surface area contributed by atoms with E-state index >= 15 is 0 Å². The topological polar surface area (TPSA) is 273 Å². The number of thiocarbonyl (C=S) groups is 1. The molecule has 0 radical (unpaired) electrons. The maximum Gasteiger partial charge on any atom is 0.368 e. The molecule has 17 nitrogen and oxygen atoms in total. The van der Waals surface area contributed by atoms with E-state index in [4.69, 9.17) is 16.7 Å². The SMILES string of the molecule is CC(=O)N[C@H](C(=O)N[C@@H](CCCN=C(N)N)C(=O)NCC(=O)N[C@@H](CC=O)C(=O)N[C@@H](C=S)C(=O)OO)C(C)(C)S. The highest BCUT2D eigenvalue weighted by atomic mass is 32.1. The van der Waals surface area contributed by atoms with Gasteiger partial charge in [0, 0.05) is 30.0 Å². The average molecular weight is 621 g/mol. The quantitative estimate of drug-likeness (QED) is 0.0105. The van der Waals surface area contributed by atoms with Gasteiger partial charge in [0.2, 0.25) is 29.5 Å². The lowest BCUT2D eigenvalue weighted by Gasteiger charge is -2.30. The van der Waals surface area contributed by atoms with Gasteiger partial charge in [0.15, 0.2) is 12.0 Å². The Morgan fingerprint density at radius 3 is 2.15 bits per heavy atom. The molecule has 0 aromatic heterocycles. The fraction of sp³-hybridized carbons (Fsp3) is 0.591. The van der Waals surface area contributed by atoms with Crippen molar-refractivity contribution in [3.05, 3.63) is 0 Å². The van der Waals surface area contributed by atoms with Crippen molar-refractivity contribution in [2.75, 3.05) is 13.1 Å². The van der Waals surface area contributed by atoms with Crippen LogP contribution in [0.4, 0.5) is 0 Å². The molecule has 0 aliphatic heterocycles. The fourth-order valence-corrected chi connectivity index (χ4v) is 3.48. The Bertz CT molecular complexity index is 1020. The number of amides is 5. The van der Waals surface area contributed by atoms with E-state index in [0.717, 1.165) is 5.37 Å². The smallest absolute Gasteiger partial charge is 0.368 e. The molecular formula is C22H36N8O9S2. The lowest BCUT2D eigenvalue weighted by molar-refractivity contribution is -0.234. The Morgan fingerprint density at radius 1 is 1.02 bits per heavy atom. The van der Waals surface area contributed by atoms with E-state index in [0.29, 0.717) is 6.29 Å². The minimum absolute atomic E-state index is 0.0336. The van der Waals surface area contributed by atoms with E-state index < -0.39 is 77.4 Å². The van der Waals surface area contributed by atoms with E-state index in [1.807, 2.05) is 0 Å². The molecule has 0 bridgehead atoms. The second-order valence-corrected chi connectivity index (χ2v) is 10.5. The average Bonchev–Trinajstić information content (AvgIpc) is 2.88. The van der Waals surface area contributed by atoms with Crippen molar-refractivity contribution in [2.45, 2.75) is 68.9 Å². The van der Waals surface area contributed by atoms with Crippen LogP contribution in [0.1, 0.15) is 40.0 Å². The van der Waals surface area contributed by atoms with Crippen LogP contribution in [0.5, 0.6) is 0 Å². The van der Waals surface area contributed by atoms with Crippen molar-refractivity contribution in [1.82, 2.24) is 26.6 Å². The second kappa shape index (κ2) is 18.5. The number of aliphatic imine (C=N–C) groups is 1. The molecule has 0 heterocycles. The molecule has 0 unspecified atom stereocenters. The minimum atomic E-state index is -1.54. The van der Waals surface area contributed by atoms with E-state index in [9.17, 15) is 33.6 Å². The Kier molecular flexibility index (Phi) is 16.8. The number of nitrogens with one attached hydrogen (secondary N) is 5. The zero-order chi connectivity index (χ0) is 31.8. The fourth-order valence-electron chi connectivity index (χ4n) is 3.12. The number of nitrogens with zero attached hydrogens (tertiary/aromatic N) is 1. The maximum atomic E-state index is 13.0. The lowest BCUT2D eigenvalue weighted by Crippen LogP contribution is -2.59. The molecule has 0 aromatic carbocycles. The molecule has 19 heteroatoms. The number of nitrogens with two attached hydrogens (primary N) is 2. The Balaban J connectivity index is 5.50. The number of thiol groups is 1. The van der Waals surface area contributed by atoms with E-state index in [1.165, 1.54) is 6.92 Å². The van der Waals surface area contributed by atoms with Gasteiger partial charge in [-0.3, -0.25) is 33.9 Å². The van der Waals surface area contributed by atoms with Gasteiger partial charge in [-0.05, 0) is 26.7 Å². The standard InChI is InChI=1S/C22H36N8O9S2/c1-11(32)27-16(22(2,3)41)19(36)29-12(5-4-7-25-21(23)24)17(34)26-9-15(33)28-13(6-8-31)18(35)30-14(10-40)20(37)39-38/h8,10,12-14,16,38,41H,4-7,9H2,1-3H3,(H,26,34)(H,27,32)(H,28,33)(H,29,36)(H,30,35)(H4,23,24,25)/t12-,13-,14-,16+/m0/s1. The molecule has 0 fully saturated rings. The van der Waals surface area contributed by atoms with E-state index in [2.05, 4.69) is 61.3 Å². The first kappa shape index (κ1) is 37.2. The molecule has 0 aliphatic carbocycles. The summed E-state index contributed by atoms with van der Waals surface area (Å²) >= 11 is 8.92. The third-order valence-electron chi connectivity index (χ3n) is 5.08. The van der Waals surface area contributed by atoms with Crippen molar-refractivity contribution in [3.63, 3.8) is 0 Å². The highest BCUT2D eigenvalue weighted by Crippen LogP contribution is 2.18. The molecule has 0 aromatic rings. The second-order valence-electron chi connectivity index (χ2n) is 9.07. The molecule has 10 N–H and O–H groups in total. The molecule has 0 saturated heterocycles. The van der Waals surface area contributed by atoms with Gasteiger partial charge in [-0.1, -0.05) is 12.2 Å². The van der Waals surface area contributed by atoms with Gasteiger partial charge >= 0.3 is 5.97 Å². The molecule has 0 aliphatic rings. The number of aldehydes is 1. The molecule has 41 heavy (non-hydrogen) atoms. The van der Waals surface area contributed by atoms with Crippen LogP contribution < -0.4 is 38.1 Å². The van der Waals surface area contributed by atoms with Crippen LogP contribution in [0.25, 0.3) is 0 Å². The number of carbonyl (C=O) groups is 7. The monoisotopic (exact) mass is 620 g/mol. The van der Waals surface area contributed by atoms with Crippen LogP contribution in [-0.4, -0.2) is 100 Å². The van der Waals surface area contributed by atoms with Gasteiger partial charge in [0.1, 0.15) is 24.4 Å². The predicted octanol–water partition coefficient (Wildman–Crippen LogP) is -3.57. The molecule has 0 saturated carbocycles. The van der Waals surface area contributed by atoms with Crippen LogP contribution in [0.3, 0.4) is 0 Å². The summed E-state index contributed by atoms with van der Waals surface area (Å²) in [4.78, 5) is 92.1. The highest BCUT2D eigenvalue weighted by Gasteiger charge is 2.35. The minimum Gasteiger partial charge on any atom is -0.370 e. The summed E-state index contributed by atoms with van der Waals surface area (Å²) in [6.45, 7) is 3.84. The number of rotatable bonds is 18. The van der Waals surface area contributed by atoms with Crippen molar-refractivity contribution in [2.24, 2.45) is 16.5 Å². The van der Waals surface area contributed by atoms with Crippen LogP contribution in [0, 0.1) is 0 Å². The largest absolute Gasteiger partial charge is 0.370 e. The molecule has 0 spiro atoms. The van der Waals surface area contributed by atoms with Crippen LogP contribution >= 0.6 is 24.8 Å². The summed E-state index contributed by atoms with van der Waals surface area (Å²) in [5, 5.41) is 20.8. The van der Waals surface area contributed by atoms with Gasteiger partial charge in [-0.2, -0.15) is 17.9 Å². The normalized spacial score (nSPS) is 13.6. The van der Waals surface area contributed by atoms with Crippen LogP contribution in [0.15, 0.2) is 4.99 Å². The highest BCUT2D eigenvalue weighted by molar-refractivity contribution is 7.81. The lowest BCUT2D eigenvalue weighted by atomic mass is 10.0. The molecule has 230 valence electrons. The van der Waals surface area contributed by atoms with Crippen LogP contribution in [-0.2, 0) is 38.4 Å². The summed E-state index contributed by atoms with van der Waals surface area (Å²) in [6.07, 6.45) is 0.107. The van der Waals surface area contributed by atoms with Crippen LogP contribution in [0.2, 0.25) is 0 Å². The number of hydrogen-bond donors (Lipinski definition) is 9. The van der Waals surface area contributed by atoms with Gasteiger partial charge in [0.25, 0.3) is 0 Å². The summed E-state index contributed by atoms with van der Waals surface area (Å²) in [6, 6.07) is -5.33. The Hall–Kier alpha value is -3.84. The Morgan fingerprint density at radius 2 is 1.66 bits per heavy atom. The molecule has 4 atom stereocenters. The van der Waals surface area contributed by atoms with Gasteiger partial charge in [-0.25, -0.2) is 4.79 Å². The zero-order valence-electron chi connectivity index (χ0n) is 22.7. The summed E-state index contributed by atoms with van der Waals surface area (Å²) in [7, 11) is 0. The van der Waals surface area contributed by atoms with Crippen molar-refractivity contribution in [3.8, 4) is 0 Å². The van der Waals surface area contributed by atoms with Gasteiger partial charge in [0.05, 0.1) is 6.54 Å². The van der Waals surface area contributed by atoms with Gasteiger partial charge < -0.3 is 42.8 Å². The zero-order valence-corrected chi connectivity index (χ0v) is 24.4. The summed E-state index contributed by atoms with van der Waals surface area (Å²) in [5.41, 5.74) is 10.6. The summed E-state index contributed by atoms with van der Waals surface area (Å²) in [5.74, 6) is -5.39. The van der Waals surface area contributed by atoms with Crippen molar-refractivity contribution < 1.29 is 43.7 Å². The first-order valence-corrected chi connectivity index (χ1v) is 13.0. The number of carbonyl (C=O) groups excluding carboxylic acids is 7. The Labute approximate surface area is 246 Å². The summed E-state index contributed by atoms with van der Waals surface area (Å²) < 4.78 is -1.01. The van der Waals surface area contributed by atoms with Crippen molar-refractivity contribution in [1.29, 1.82) is 0 Å². The predicted molar refractivity (Wildman–Crippen MR) is 152 cm³/mol.